The molecule has 0 unspecified atom stereocenters. The van der Waals surface area contributed by atoms with E-state index in [4.69, 9.17) is 12.2 Å². The molecule has 0 saturated carbocycles. The summed E-state index contributed by atoms with van der Waals surface area (Å²) in [6, 6.07) is 0. The van der Waals surface area contributed by atoms with E-state index in [-0.39, 0.29) is 0 Å². The summed E-state index contributed by atoms with van der Waals surface area (Å²) in [7, 11) is 0. The Morgan fingerprint density at radius 1 is 1.64 bits per heavy atom. The Morgan fingerprint density at radius 3 is 3.27 bits per heavy atom. The summed E-state index contributed by atoms with van der Waals surface area (Å²) in [5.41, 5.74) is 1.68. The van der Waals surface area contributed by atoms with Crippen molar-refractivity contribution in [3.8, 4) is 0 Å². The molecule has 0 fully saturated rings. The van der Waals surface area contributed by atoms with E-state index in [0.717, 1.165) is 11.3 Å². The van der Waals surface area contributed by atoms with Gasteiger partial charge in [-0.15, -0.1) is 0 Å². The number of aryl methyl sites for hydroxylation is 1. The third-order valence-corrected chi connectivity index (χ3v) is 1.72. The lowest BCUT2D eigenvalue weighted by Crippen LogP contribution is -1.88. The predicted molar refractivity (Wildman–Crippen MR) is 42.9 cm³/mol. The molecule has 4 nitrogen and oxygen atoms in total. The first kappa shape index (κ1) is 6.48. The molecule has 0 saturated heterocycles. The molecule has 0 bridgehead atoms. The van der Waals surface area contributed by atoms with Gasteiger partial charge in [-0.1, -0.05) is 0 Å². The molecule has 0 atom stereocenters. The second-order valence-corrected chi connectivity index (χ2v) is 2.67. The first-order chi connectivity index (χ1) is 5.27. The monoisotopic (exact) mass is 166 g/mol. The van der Waals surface area contributed by atoms with Crippen LogP contribution in [0.15, 0.2) is 12.4 Å². The topological polar surface area (TPSA) is 46.0 Å². The molecule has 5 heteroatoms. The molecule has 0 aliphatic heterocycles. The van der Waals surface area contributed by atoms with Crippen molar-refractivity contribution in [1.29, 1.82) is 0 Å². The number of aromatic nitrogens is 4. The lowest BCUT2D eigenvalue weighted by Gasteiger charge is -1.91. The van der Waals surface area contributed by atoms with E-state index >= 15 is 0 Å². The van der Waals surface area contributed by atoms with Gasteiger partial charge < -0.3 is 0 Å². The summed E-state index contributed by atoms with van der Waals surface area (Å²) in [4.78, 5) is 4.07. The zero-order valence-corrected chi connectivity index (χ0v) is 6.72. The first-order valence-corrected chi connectivity index (χ1v) is 3.57. The molecule has 0 amide bonds. The molecule has 0 radical (unpaired) electrons. The lowest BCUT2D eigenvalue weighted by atomic mass is 10.5. The Labute approximate surface area is 67.9 Å². The van der Waals surface area contributed by atoms with Crippen molar-refractivity contribution in [2.24, 2.45) is 0 Å². The maximum atomic E-state index is 4.96. The van der Waals surface area contributed by atoms with E-state index in [0.29, 0.717) is 4.77 Å². The zero-order valence-electron chi connectivity index (χ0n) is 5.90. The van der Waals surface area contributed by atoms with Gasteiger partial charge in [-0.25, -0.2) is 0 Å². The Kier molecular flexibility index (Phi) is 1.25. The fourth-order valence-corrected chi connectivity index (χ4v) is 1.10. The number of nitrogens with zero attached hydrogens (tertiary/aromatic N) is 3. The van der Waals surface area contributed by atoms with Crippen LogP contribution in [0.2, 0.25) is 0 Å². The Hall–Kier alpha value is -1.23. The third-order valence-electron chi connectivity index (χ3n) is 1.43. The van der Waals surface area contributed by atoms with Gasteiger partial charge in [-0.2, -0.15) is 5.10 Å². The van der Waals surface area contributed by atoms with Crippen LogP contribution in [0.25, 0.3) is 5.65 Å². The molecule has 0 aromatic carbocycles. The van der Waals surface area contributed by atoms with Crippen LogP contribution in [-0.2, 0) is 0 Å². The van der Waals surface area contributed by atoms with Crippen molar-refractivity contribution in [3.63, 3.8) is 0 Å². The Bertz CT molecular complexity index is 441. The number of hydrogen-bond acceptors (Lipinski definition) is 3. The van der Waals surface area contributed by atoms with E-state index in [2.05, 4.69) is 15.2 Å². The van der Waals surface area contributed by atoms with Gasteiger partial charge in [0.25, 0.3) is 0 Å². The van der Waals surface area contributed by atoms with Crippen LogP contribution in [0.3, 0.4) is 0 Å². The third kappa shape index (κ3) is 0.932. The van der Waals surface area contributed by atoms with E-state index in [1.165, 1.54) is 0 Å². The smallest absolute Gasteiger partial charge is 0.199 e. The minimum atomic E-state index is 0.602. The Morgan fingerprint density at radius 2 is 2.45 bits per heavy atom. The molecule has 2 aromatic rings. The van der Waals surface area contributed by atoms with Crippen molar-refractivity contribution in [3.05, 3.63) is 22.9 Å². The molecule has 2 heterocycles. The number of nitrogens with one attached hydrogen (secondary N) is 1. The quantitative estimate of drug-likeness (QED) is 0.596. The van der Waals surface area contributed by atoms with Crippen LogP contribution < -0.4 is 0 Å². The minimum Gasteiger partial charge on any atom is -0.272 e. The fraction of sp³-hybridized carbons (Fsp3) is 0.167. The van der Waals surface area contributed by atoms with Gasteiger partial charge in [-0.3, -0.25) is 14.5 Å². The van der Waals surface area contributed by atoms with Crippen LogP contribution in [0.1, 0.15) is 5.69 Å². The largest absolute Gasteiger partial charge is 0.272 e. The van der Waals surface area contributed by atoms with Crippen LogP contribution in [0.5, 0.6) is 0 Å². The molecule has 2 aromatic heterocycles. The van der Waals surface area contributed by atoms with Crippen LogP contribution in [-0.4, -0.2) is 19.6 Å². The highest BCUT2D eigenvalue weighted by molar-refractivity contribution is 7.71. The number of rotatable bonds is 0. The maximum Gasteiger partial charge on any atom is 0.199 e. The van der Waals surface area contributed by atoms with E-state index in [1.54, 1.807) is 10.6 Å². The van der Waals surface area contributed by atoms with Gasteiger partial charge in [0.15, 0.2) is 10.4 Å². The van der Waals surface area contributed by atoms with Gasteiger partial charge in [0, 0.05) is 6.20 Å². The molecular weight excluding hydrogens is 160 g/mol. The highest BCUT2D eigenvalue weighted by atomic mass is 32.1. The summed E-state index contributed by atoms with van der Waals surface area (Å²) in [6.07, 6.45) is 3.53. The number of H-pyrrole nitrogens is 1. The van der Waals surface area contributed by atoms with Gasteiger partial charge in [0.2, 0.25) is 0 Å². The van der Waals surface area contributed by atoms with Crippen molar-refractivity contribution in [1.82, 2.24) is 19.6 Å². The van der Waals surface area contributed by atoms with Crippen molar-refractivity contribution in [2.45, 2.75) is 6.92 Å². The summed E-state index contributed by atoms with van der Waals surface area (Å²) >= 11 is 4.96. The fourth-order valence-electron chi connectivity index (χ4n) is 0.912. The number of fused-ring (bicyclic) bond motifs is 1. The molecule has 11 heavy (non-hydrogen) atoms. The SMILES string of the molecule is Cc1cn2c(=S)[nH]nc2cn1. The van der Waals surface area contributed by atoms with Gasteiger partial charge >= 0.3 is 0 Å². The maximum absolute atomic E-state index is 4.96. The summed E-state index contributed by atoms with van der Waals surface area (Å²) in [6.45, 7) is 1.91. The van der Waals surface area contributed by atoms with Crippen LogP contribution in [0, 0.1) is 11.7 Å². The standard InChI is InChI=1S/C6H6N4S/c1-4-3-10-5(2-7-4)8-9-6(10)11/h2-3H,1H3,(H,9,11). The molecule has 56 valence electrons. The average Bonchev–Trinajstić information content (AvgIpc) is 2.33. The predicted octanol–water partition coefficient (Wildman–Crippen LogP) is 1.10. The van der Waals surface area contributed by atoms with E-state index < -0.39 is 0 Å². The van der Waals surface area contributed by atoms with Crippen LogP contribution >= 0.6 is 12.2 Å². The Balaban J connectivity index is 2.99. The average molecular weight is 166 g/mol. The number of hydrogen-bond donors (Lipinski definition) is 1. The second kappa shape index (κ2) is 2.13. The van der Waals surface area contributed by atoms with Crippen molar-refractivity contribution >= 4 is 17.9 Å². The van der Waals surface area contributed by atoms with Gasteiger partial charge in [0.05, 0.1) is 11.9 Å². The molecular formula is C6H6N4S. The minimum absolute atomic E-state index is 0.602. The molecule has 0 aliphatic rings. The molecule has 1 N–H and O–H groups in total. The highest BCUT2D eigenvalue weighted by Crippen LogP contribution is 1.98. The summed E-state index contributed by atoms with van der Waals surface area (Å²) in [5, 5.41) is 6.62. The first-order valence-electron chi connectivity index (χ1n) is 3.17. The summed E-state index contributed by atoms with van der Waals surface area (Å²) < 4.78 is 2.39. The van der Waals surface area contributed by atoms with E-state index in [9.17, 15) is 0 Å². The normalized spacial score (nSPS) is 10.6. The van der Waals surface area contributed by atoms with Crippen LogP contribution in [0.4, 0.5) is 0 Å². The molecule has 2 rings (SSSR count). The highest BCUT2D eigenvalue weighted by Gasteiger charge is 1.95. The lowest BCUT2D eigenvalue weighted by molar-refractivity contribution is 1.05. The summed E-state index contributed by atoms with van der Waals surface area (Å²) in [5.74, 6) is 0. The van der Waals surface area contributed by atoms with E-state index in [1.807, 2.05) is 13.1 Å². The van der Waals surface area contributed by atoms with Crippen molar-refractivity contribution in [2.75, 3.05) is 0 Å². The second-order valence-electron chi connectivity index (χ2n) is 2.29. The zero-order chi connectivity index (χ0) is 7.84. The van der Waals surface area contributed by atoms with Gasteiger partial charge in [0.1, 0.15) is 0 Å². The molecule has 0 spiro atoms. The molecule has 0 aliphatic carbocycles. The van der Waals surface area contributed by atoms with Crippen molar-refractivity contribution < 1.29 is 0 Å². The number of aromatic amines is 1. The van der Waals surface area contributed by atoms with Gasteiger partial charge in [-0.05, 0) is 19.1 Å².